The lowest BCUT2D eigenvalue weighted by molar-refractivity contribution is 0.0782. The Morgan fingerprint density at radius 1 is 1.35 bits per heavy atom. The van der Waals surface area contributed by atoms with Gasteiger partial charge in [-0.25, -0.2) is 4.68 Å². The van der Waals surface area contributed by atoms with Gasteiger partial charge in [0.05, 0.1) is 5.69 Å². The number of carbonyl (C=O) groups is 1. The van der Waals surface area contributed by atoms with Crippen molar-refractivity contribution in [1.29, 1.82) is 0 Å². The highest BCUT2D eigenvalue weighted by molar-refractivity contribution is 7.98. The van der Waals surface area contributed by atoms with E-state index >= 15 is 0 Å². The molecule has 1 saturated heterocycles. The molecule has 1 aliphatic heterocycles. The van der Waals surface area contributed by atoms with Crippen LogP contribution >= 0.6 is 11.8 Å². The summed E-state index contributed by atoms with van der Waals surface area (Å²) in [6, 6.07) is 9.01. The number of nitrogens with zero attached hydrogens (tertiary/aromatic N) is 2. The van der Waals surface area contributed by atoms with E-state index in [1.807, 2.05) is 47.9 Å². The molecule has 1 aromatic carbocycles. The highest BCUT2D eigenvalue weighted by Crippen LogP contribution is 2.21. The number of aryl methyl sites for hydroxylation is 1. The van der Waals surface area contributed by atoms with E-state index in [-0.39, 0.29) is 11.5 Å². The van der Waals surface area contributed by atoms with Gasteiger partial charge < -0.3 is 4.90 Å². The van der Waals surface area contributed by atoms with Gasteiger partial charge in [-0.1, -0.05) is 17.7 Å². The van der Waals surface area contributed by atoms with Crippen molar-refractivity contribution in [2.45, 2.75) is 13.3 Å². The van der Waals surface area contributed by atoms with Crippen molar-refractivity contribution in [3.63, 3.8) is 0 Å². The van der Waals surface area contributed by atoms with Crippen LogP contribution in [0.15, 0.2) is 35.1 Å². The first-order chi connectivity index (χ1) is 11.1. The third-order valence-electron chi connectivity index (χ3n) is 4.22. The van der Waals surface area contributed by atoms with Gasteiger partial charge in [0.25, 0.3) is 11.5 Å². The molecule has 5 nitrogen and oxygen atoms in total. The third kappa shape index (κ3) is 3.37. The van der Waals surface area contributed by atoms with Crippen molar-refractivity contribution in [1.82, 2.24) is 14.7 Å². The molecule has 1 amide bonds. The number of amides is 1. The monoisotopic (exact) mass is 331 g/mol. The number of thioether (sulfide) groups is 1. The van der Waals surface area contributed by atoms with Gasteiger partial charge in [-0.05, 0) is 43.4 Å². The van der Waals surface area contributed by atoms with Crippen LogP contribution in [0.1, 0.15) is 22.5 Å². The molecule has 1 aliphatic rings. The van der Waals surface area contributed by atoms with Crippen LogP contribution in [-0.4, -0.2) is 45.7 Å². The van der Waals surface area contributed by atoms with Crippen molar-refractivity contribution in [2.75, 3.05) is 25.1 Å². The van der Waals surface area contributed by atoms with E-state index < -0.39 is 0 Å². The number of likely N-dealkylation sites (tertiary alicyclic amines) is 1. The van der Waals surface area contributed by atoms with E-state index in [4.69, 9.17) is 0 Å². The van der Waals surface area contributed by atoms with Crippen molar-refractivity contribution in [2.24, 2.45) is 5.92 Å². The smallest absolute Gasteiger partial charge is 0.271 e. The summed E-state index contributed by atoms with van der Waals surface area (Å²) < 4.78 is 1.42. The molecule has 1 atom stereocenters. The van der Waals surface area contributed by atoms with Crippen LogP contribution in [0.5, 0.6) is 0 Å². The van der Waals surface area contributed by atoms with Crippen LogP contribution in [0.3, 0.4) is 0 Å². The predicted octanol–water partition coefficient (Wildman–Crippen LogP) is 2.30. The molecule has 1 N–H and O–H groups in total. The number of H-pyrrole nitrogens is 1. The van der Waals surface area contributed by atoms with Gasteiger partial charge >= 0.3 is 0 Å². The van der Waals surface area contributed by atoms with Gasteiger partial charge in [-0.2, -0.15) is 11.8 Å². The molecule has 23 heavy (non-hydrogen) atoms. The van der Waals surface area contributed by atoms with E-state index in [0.717, 1.165) is 36.5 Å². The molecular formula is C17H21N3O2S. The second-order valence-corrected chi connectivity index (χ2v) is 6.95. The Morgan fingerprint density at radius 3 is 2.78 bits per heavy atom. The maximum atomic E-state index is 12.6. The molecule has 2 aromatic rings. The first-order valence-electron chi connectivity index (χ1n) is 7.76. The molecular weight excluding hydrogens is 310 g/mol. The fraction of sp³-hybridized carbons (Fsp3) is 0.412. The van der Waals surface area contributed by atoms with Crippen LogP contribution in [0, 0.1) is 12.8 Å². The molecule has 6 heteroatoms. The van der Waals surface area contributed by atoms with Gasteiger partial charge in [0.2, 0.25) is 0 Å². The van der Waals surface area contributed by atoms with Crippen molar-refractivity contribution in [3.05, 3.63) is 51.9 Å². The van der Waals surface area contributed by atoms with E-state index in [9.17, 15) is 9.59 Å². The zero-order chi connectivity index (χ0) is 16.4. The zero-order valence-corrected chi connectivity index (χ0v) is 14.2. The maximum Gasteiger partial charge on any atom is 0.271 e. The summed E-state index contributed by atoms with van der Waals surface area (Å²) in [6.07, 6.45) is 3.12. The molecule has 0 aliphatic carbocycles. The molecule has 0 bridgehead atoms. The number of hydrogen-bond donors (Lipinski definition) is 1. The first-order valence-corrected chi connectivity index (χ1v) is 9.15. The Balaban J connectivity index is 1.79. The molecule has 3 rings (SSSR count). The number of benzene rings is 1. The largest absolute Gasteiger partial charge is 0.337 e. The Bertz CT molecular complexity index is 748. The molecule has 1 fully saturated rings. The number of aromatic amines is 1. The van der Waals surface area contributed by atoms with Crippen LogP contribution < -0.4 is 5.56 Å². The van der Waals surface area contributed by atoms with Crippen LogP contribution in [0.4, 0.5) is 0 Å². The summed E-state index contributed by atoms with van der Waals surface area (Å²) in [6.45, 7) is 3.54. The fourth-order valence-corrected chi connectivity index (χ4v) is 3.69. The number of rotatable bonds is 4. The summed E-state index contributed by atoms with van der Waals surface area (Å²) in [5.41, 5.74) is 2.01. The average molecular weight is 331 g/mol. The highest BCUT2D eigenvalue weighted by Gasteiger charge is 2.27. The van der Waals surface area contributed by atoms with E-state index in [1.165, 1.54) is 10.7 Å². The summed E-state index contributed by atoms with van der Waals surface area (Å²) in [5.74, 6) is 1.54. The lowest BCUT2D eigenvalue weighted by atomic mass is 10.2. The Hall–Kier alpha value is -1.95. The SMILES string of the molecule is CSCC1CCN(C(=O)c2cc(=O)n(-c3ccc(C)cc3)[nH]2)C1. The Morgan fingerprint density at radius 2 is 2.09 bits per heavy atom. The summed E-state index contributed by atoms with van der Waals surface area (Å²) in [7, 11) is 0. The second-order valence-electron chi connectivity index (χ2n) is 6.04. The van der Waals surface area contributed by atoms with E-state index in [2.05, 4.69) is 11.4 Å². The van der Waals surface area contributed by atoms with Crippen LogP contribution in [0.25, 0.3) is 5.69 Å². The summed E-state index contributed by atoms with van der Waals surface area (Å²) in [5, 5.41) is 2.95. The summed E-state index contributed by atoms with van der Waals surface area (Å²) in [4.78, 5) is 26.6. The number of carbonyl (C=O) groups excluding carboxylic acids is 1. The van der Waals surface area contributed by atoms with Gasteiger partial charge in [0.1, 0.15) is 5.69 Å². The number of hydrogen-bond acceptors (Lipinski definition) is 3. The lowest BCUT2D eigenvalue weighted by Gasteiger charge is -2.15. The minimum absolute atomic E-state index is 0.0865. The minimum Gasteiger partial charge on any atom is -0.337 e. The molecule has 1 unspecified atom stereocenters. The molecule has 1 aromatic heterocycles. The van der Waals surface area contributed by atoms with Crippen LogP contribution in [-0.2, 0) is 0 Å². The van der Waals surface area contributed by atoms with Gasteiger partial charge in [-0.3, -0.25) is 14.7 Å². The van der Waals surface area contributed by atoms with Crippen molar-refractivity contribution < 1.29 is 4.79 Å². The Labute approximate surface area is 139 Å². The summed E-state index contributed by atoms with van der Waals surface area (Å²) >= 11 is 1.81. The standard InChI is InChI=1S/C17H21N3O2S/c1-12-3-5-14(6-4-12)20-16(21)9-15(18-20)17(22)19-8-7-13(10-19)11-23-2/h3-6,9,13,18H,7-8,10-11H2,1-2H3. The number of nitrogens with one attached hydrogen (secondary N) is 1. The second kappa shape index (κ2) is 6.66. The zero-order valence-electron chi connectivity index (χ0n) is 13.4. The van der Waals surface area contributed by atoms with E-state index in [0.29, 0.717) is 11.6 Å². The minimum atomic E-state index is -0.211. The normalized spacial score (nSPS) is 17.7. The molecule has 122 valence electrons. The van der Waals surface area contributed by atoms with E-state index in [1.54, 1.807) is 0 Å². The molecule has 0 spiro atoms. The number of aromatic nitrogens is 2. The fourth-order valence-electron chi connectivity index (χ4n) is 2.95. The quantitative estimate of drug-likeness (QED) is 0.935. The highest BCUT2D eigenvalue weighted by atomic mass is 32.2. The third-order valence-corrected chi connectivity index (χ3v) is 5.02. The maximum absolute atomic E-state index is 12.6. The van der Waals surface area contributed by atoms with Gasteiger partial charge in [0.15, 0.2) is 0 Å². The van der Waals surface area contributed by atoms with Crippen molar-refractivity contribution in [3.8, 4) is 5.69 Å². The predicted molar refractivity (Wildman–Crippen MR) is 93.5 cm³/mol. The van der Waals surface area contributed by atoms with Gasteiger partial charge in [0, 0.05) is 19.2 Å². The molecule has 2 heterocycles. The van der Waals surface area contributed by atoms with Crippen molar-refractivity contribution >= 4 is 17.7 Å². The Kier molecular flexibility index (Phi) is 4.61. The van der Waals surface area contributed by atoms with Crippen LogP contribution in [0.2, 0.25) is 0 Å². The molecule has 0 saturated carbocycles. The first kappa shape index (κ1) is 15.9. The lowest BCUT2D eigenvalue weighted by Crippen LogP contribution is -2.29. The topological polar surface area (TPSA) is 58.1 Å². The average Bonchev–Trinajstić information content (AvgIpc) is 3.15. The molecule has 0 radical (unpaired) electrons. The van der Waals surface area contributed by atoms with Gasteiger partial charge in [-0.15, -0.1) is 0 Å².